The summed E-state index contributed by atoms with van der Waals surface area (Å²) >= 11 is 0. The van der Waals surface area contributed by atoms with Crippen LogP contribution in [0, 0.1) is 5.82 Å². The monoisotopic (exact) mass is 282 g/mol. The molecule has 0 heterocycles. The first-order valence-electron chi connectivity index (χ1n) is 5.80. The summed E-state index contributed by atoms with van der Waals surface area (Å²) in [6.45, 7) is -0.759. The molecule has 1 aromatic carbocycles. The number of halogens is 1. The molecule has 0 atom stereocenters. The number of amides is 3. The molecule has 0 saturated heterocycles. The van der Waals surface area contributed by atoms with Crippen molar-refractivity contribution in [3.05, 3.63) is 30.1 Å². The van der Waals surface area contributed by atoms with Crippen LogP contribution in [0.15, 0.2) is 24.3 Å². The summed E-state index contributed by atoms with van der Waals surface area (Å²) in [5.74, 6) is -1.98. The summed E-state index contributed by atoms with van der Waals surface area (Å²) in [7, 11) is 0. The number of benzene rings is 1. The fraction of sp³-hybridized carbons (Fsp3) is 0.250. The summed E-state index contributed by atoms with van der Waals surface area (Å²) in [5, 5.41) is 6.97. The van der Waals surface area contributed by atoms with Crippen LogP contribution >= 0.6 is 0 Å². The van der Waals surface area contributed by atoms with Gasteiger partial charge in [0.1, 0.15) is 5.82 Å². The summed E-state index contributed by atoms with van der Waals surface area (Å²) in [6.07, 6.45) is 0. The number of hydrogen-bond donors (Lipinski definition) is 4. The lowest BCUT2D eigenvalue weighted by Gasteiger charge is -2.07. The summed E-state index contributed by atoms with van der Waals surface area (Å²) in [4.78, 5) is 33.5. The zero-order valence-electron chi connectivity index (χ0n) is 10.6. The number of rotatable bonds is 6. The van der Waals surface area contributed by atoms with Crippen molar-refractivity contribution in [2.45, 2.75) is 0 Å². The molecule has 7 nitrogen and oxygen atoms in total. The lowest BCUT2D eigenvalue weighted by Crippen LogP contribution is -2.41. The first kappa shape index (κ1) is 15.6. The van der Waals surface area contributed by atoms with Crippen LogP contribution in [0.25, 0.3) is 0 Å². The molecule has 0 aromatic heterocycles. The van der Waals surface area contributed by atoms with Crippen LogP contribution in [-0.2, 0) is 14.4 Å². The Kier molecular flexibility index (Phi) is 6.11. The third-order valence-corrected chi connectivity index (χ3v) is 2.19. The smallest absolute Gasteiger partial charge is 0.243 e. The maximum absolute atomic E-state index is 12.9. The molecule has 0 aliphatic heterocycles. The van der Waals surface area contributed by atoms with Crippen molar-refractivity contribution in [1.29, 1.82) is 0 Å². The Bertz CT molecular complexity index is 507. The summed E-state index contributed by atoms with van der Waals surface area (Å²) < 4.78 is 12.9. The van der Waals surface area contributed by atoms with Crippen LogP contribution in [-0.4, -0.2) is 37.4 Å². The first-order chi connectivity index (χ1) is 9.51. The predicted molar refractivity (Wildman–Crippen MR) is 70.1 cm³/mol. The molecule has 20 heavy (non-hydrogen) atoms. The van der Waals surface area contributed by atoms with E-state index in [0.717, 1.165) is 6.07 Å². The number of nitrogens with one attached hydrogen (secondary N) is 3. The third kappa shape index (κ3) is 5.91. The highest BCUT2D eigenvalue weighted by atomic mass is 19.1. The van der Waals surface area contributed by atoms with Crippen molar-refractivity contribution < 1.29 is 18.8 Å². The average Bonchev–Trinajstić information content (AvgIpc) is 2.42. The third-order valence-electron chi connectivity index (χ3n) is 2.19. The molecule has 108 valence electrons. The Hall–Kier alpha value is -2.48. The van der Waals surface area contributed by atoms with E-state index in [-0.39, 0.29) is 19.6 Å². The topological polar surface area (TPSA) is 113 Å². The van der Waals surface area contributed by atoms with E-state index < -0.39 is 23.5 Å². The quantitative estimate of drug-likeness (QED) is 0.533. The van der Waals surface area contributed by atoms with E-state index in [1.807, 2.05) is 0 Å². The van der Waals surface area contributed by atoms with Crippen molar-refractivity contribution in [1.82, 2.24) is 10.6 Å². The maximum atomic E-state index is 12.9. The Morgan fingerprint density at radius 3 is 2.35 bits per heavy atom. The zero-order valence-corrected chi connectivity index (χ0v) is 10.6. The van der Waals surface area contributed by atoms with Crippen molar-refractivity contribution in [3.63, 3.8) is 0 Å². The fourth-order valence-electron chi connectivity index (χ4n) is 1.26. The molecule has 3 amide bonds. The van der Waals surface area contributed by atoms with Crippen LogP contribution in [0.4, 0.5) is 10.1 Å². The van der Waals surface area contributed by atoms with Gasteiger partial charge in [-0.05, 0) is 18.2 Å². The van der Waals surface area contributed by atoms with Gasteiger partial charge in [0.15, 0.2) is 0 Å². The van der Waals surface area contributed by atoms with Crippen molar-refractivity contribution in [3.8, 4) is 0 Å². The van der Waals surface area contributed by atoms with E-state index in [1.165, 1.54) is 18.2 Å². The summed E-state index contributed by atoms with van der Waals surface area (Å²) in [6, 6.07) is 5.37. The van der Waals surface area contributed by atoms with E-state index in [2.05, 4.69) is 16.0 Å². The van der Waals surface area contributed by atoms with Crippen molar-refractivity contribution >= 4 is 23.4 Å². The highest BCUT2D eigenvalue weighted by Crippen LogP contribution is 2.08. The van der Waals surface area contributed by atoms with Gasteiger partial charge in [0.05, 0.1) is 19.6 Å². The van der Waals surface area contributed by atoms with Gasteiger partial charge < -0.3 is 21.7 Å². The van der Waals surface area contributed by atoms with Gasteiger partial charge in [-0.2, -0.15) is 0 Å². The fourth-order valence-corrected chi connectivity index (χ4v) is 1.26. The van der Waals surface area contributed by atoms with E-state index in [1.54, 1.807) is 0 Å². The minimum atomic E-state index is -0.527. The first-order valence-corrected chi connectivity index (χ1v) is 5.80. The molecule has 0 bridgehead atoms. The number of carbonyl (C=O) groups is 3. The molecular formula is C12H15FN4O3. The molecule has 0 unspecified atom stereocenters. The lowest BCUT2D eigenvalue weighted by atomic mass is 10.3. The maximum Gasteiger partial charge on any atom is 0.243 e. The number of carbonyl (C=O) groups excluding carboxylic acids is 3. The van der Waals surface area contributed by atoms with Crippen LogP contribution in [0.1, 0.15) is 0 Å². The van der Waals surface area contributed by atoms with Crippen LogP contribution in [0.3, 0.4) is 0 Å². The predicted octanol–water partition coefficient (Wildman–Crippen LogP) is -1.04. The van der Waals surface area contributed by atoms with Crippen molar-refractivity contribution in [2.24, 2.45) is 5.73 Å². The Morgan fingerprint density at radius 1 is 1.05 bits per heavy atom. The van der Waals surface area contributed by atoms with Gasteiger partial charge in [0, 0.05) is 5.69 Å². The molecule has 0 aliphatic rings. The Balaban J connectivity index is 2.29. The van der Waals surface area contributed by atoms with Gasteiger partial charge >= 0.3 is 0 Å². The SMILES string of the molecule is NCC(=O)NCC(=O)NCC(=O)Nc1cccc(F)c1. The number of hydrogen-bond acceptors (Lipinski definition) is 4. The lowest BCUT2D eigenvalue weighted by molar-refractivity contribution is -0.126. The average molecular weight is 282 g/mol. The van der Waals surface area contributed by atoms with E-state index in [4.69, 9.17) is 5.73 Å². The molecule has 1 rings (SSSR count). The van der Waals surface area contributed by atoms with E-state index in [0.29, 0.717) is 5.69 Å². The molecule has 8 heteroatoms. The van der Waals surface area contributed by atoms with E-state index >= 15 is 0 Å². The highest BCUT2D eigenvalue weighted by molar-refractivity contribution is 5.95. The normalized spacial score (nSPS) is 9.70. The zero-order chi connectivity index (χ0) is 15.0. The van der Waals surface area contributed by atoms with Crippen LogP contribution in [0.2, 0.25) is 0 Å². The molecule has 0 fully saturated rings. The van der Waals surface area contributed by atoms with E-state index in [9.17, 15) is 18.8 Å². The molecular weight excluding hydrogens is 267 g/mol. The van der Waals surface area contributed by atoms with Crippen LogP contribution in [0.5, 0.6) is 0 Å². The minimum absolute atomic E-state index is 0.215. The standard InChI is InChI=1S/C12H15FN4O3/c13-8-2-1-3-9(4-8)17-12(20)7-16-11(19)6-15-10(18)5-14/h1-4H,5-7,14H2,(H,15,18)(H,16,19)(H,17,20). The Morgan fingerprint density at radius 2 is 1.70 bits per heavy atom. The van der Waals surface area contributed by atoms with Crippen molar-refractivity contribution in [2.75, 3.05) is 25.0 Å². The second-order valence-electron chi connectivity index (χ2n) is 3.82. The number of anilines is 1. The molecule has 0 saturated carbocycles. The molecule has 1 aromatic rings. The molecule has 5 N–H and O–H groups in total. The second kappa shape index (κ2) is 7.85. The Labute approximate surface area is 114 Å². The van der Waals surface area contributed by atoms with Gasteiger partial charge in [-0.1, -0.05) is 6.07 Å². The number of nitrogens with two attached hydrogens (primary N) is 1. The van der Waals surface area contributed by atoms with Gasteiger partial charge in [-0.25, -0.2) is 4.39 Å². The van der Waals surface area contributed by atoms with Gasteiger partial charge in [-0.3, -0.25) is 14.4 Å². The molecule has 0 aliphatic carbocycles. The minimum Gasteiger partial charge on any atom is -0.346 e. The largest absolute Gasteiger partial charge is 0.346 e. The van der Waals surface area contributed by atoms with Gasteiger partial charge in [0.25, 0.3) is 0 Å². The van der Waals surface area contributed by atoms with Crippen LogP contribution < -0.4 is 21.7 Å². The summed E-state index contributed by atoms with van der Waals surface area (Å²) in [5.41, 5.74) is 5.33. The second-order valence-corrected chi connectivity index (χ2v) is 3.82. The van der Waals surface area contributed by atoms with Gasteiger partial charge in [0.2, 0.25) is 17.7 Å². The van der Waals surface area contributed by atoms with Gasteiger partial charge in [-0.15, -0.1) is 0 Å². The molecule has 0 spiro atoms. The molecule has 0 radical (unpaired) electrons. The highest BCUT2D eigenvalue weighted by Gasteiger charge is 2.07.